The van der Waals surface area contributed by atoms with E-state index in [1.165, 1.54) is 5.56 Å². The standard InChI is InChI=1S/C22H24N4O4/c1-28-19-8-6-17(7-9-19)21-24-20(30-25-21)14-23-22(27)18-4-2-16(3-5-18)15-26-10-12-29-13-11-26/h2-9H,10-15H2,1H3,(H,23,27). The molecule has 2 aromatic carbocycles. The summed E-state index contributed by atoms with van der Waals surface area (Å²) in [5.41, 5.74) is 2.58. The van der Waals surface area contributed by atoms with Gasteiger partial charge in [-0.1, -0.05) is 17.3 Å². The van der Waals surface area contributed by atoms with Gasteiger partial charge < -0.3 is 19.3 Å². The van der Waals surface area contributed by atoms with Crippen LogP contribution in [0.5, 0.6) is 5.75 Å². The number of carbonyl (C=O) groups is 1. The van der Waals surface area contributed by atoms with Crippen molar-refractivity contribution >= 4 is 5.91 Å². The fourth-order valence-corrected chi connectivity index (χ4v) is 3.22. The SMILES string of the molecule is COc1ccc(-c2noc(CNC(=O)c3ccc(CN4CCOCC4)cc3)n2)cc1. The van der Waals surface area contributed by atoms with Crippen LogP contribution < -0.4 is 10.1 Å². The number of amides is 1. The predicted octanol–water partition coefficient (Wildman–Crippen LogP) is 2.51. The summed E-state index contributed by atoms with van der Waals surface area (Å²) in [7, 11) is 1.61. The van der Waals surface area contributed by atoms with Crippen molar-refractivity contribution in [3.8, 4) is 17.1 Å². The number of ether oxygens (including phenoxy) is 2. The van der Waals surface area contributed by atoms with Gasteiger partial charge in [-0.2, -0.15) is 4.98 Å². The van der Waals surface area contributed by atoms with Gasteiger partial charge in [0.15, 0.2) is 0 Å². The third kappa shape index (κ3) is 5.03. The Morgan fingerprint density at radius 3 is 2.53 bits per heavy atom. The smallest absolute Gasteiger partial charge is 0.251 e. The Bertz CT molecular complexity index is 964. The average Bonchev–Trinajstić information content (AvgIpc) is 3.28. The quantitative estimate of drug-likeness (QED) is 0.642. The monoisotopic (exact) mass is 408 g/mol. The lowest BCUT2D eigenvalue weighted by Crippen LogP contribution is -2.35. The van der Waals surface area contributed by atoms with Crippen LogP contribution in [0.15, 0.2) is 53.1 Å². The molecule has 0 bridgehead atoms. The van der Waals surface area contributed by atoms with Crippen LogP contribution in [0.3, 0.4) is 0 Å². The molecule has 0 atom stereocenters. The molecule has 1 fully saturated rings. The average molecular weight is 408 g/mol. The van der Waals surface area contributed by atoms with E-state index in [2.05, 4.69) is 20.4 Å². The second-order valence-corrected chi connectivity index (χ2v) is 7.01. The number of nitrogens with zero attached hydrogens (tertiary/aromatic N) is 3. The summed E-state index contributed by atoms with van der Waals surface area (Å²) in [6.45, 7) is 4.45. The number of rotatable bonds is 7. The van der Waals surface area contributed by atoms with Gasteiger partial charge in [0.2, 0.25) is 11.7 Å². The van der Waals surface area contributed by atoms with Crippen molar-refractivity contribution in [3.05, 3.63) is 65.5 Å². The zero-order valence-electron chi connectivity index (χ0n) is 16.8. The van der Waals surface area contributed by atoms with E-state index in [1.807, 2.05) is 48.5 Å². The number of hydrogen-bond acceptors (Lipinski definition) is 7. The highest BCUT2D eigenvalue weighted by Crippen LogP contribution is 2.19. The molecule has 8 heteroatoms. The van der Waals surface area contributed by atoms with Crippen molar-refractivity contribution in [2.75, 3.05) is 33.4 Å². The van der Waals surface area contributed by atoms with E-state index in [0.717, 1.165) is 44.2 Å². The number of methoxy groups -OCH3 is 1. The van der Waals surface area contributed by atoms with E-state index in [0.29, 0.717) is 17.3 Å². The predicted molar refractivity (Wildman–Crippen MR) is 110 cm³/mol. The molecule has 0 spiro atoms. The minimum absolute atomic E-state index is 0.164. The molecule has 1 aliphatic rings. The van der Waals surface area contributed by atoms with Gasteiger partial charge in [-0.25, -0.2) is 0 Å². The molecule has 156 valence electrons. The van der Waals surface area contributed by atoms with Crippen LogP contribution in [0.2, 0.25) is 0 Å². The number of morpholine rings is 1. The lowest BCUT2D eigenvalue weighted by molar-refractivity contribution is 0.0342. The molecular weight excluding hydrogens is 384 g/mol. The first-order chi connectivity index (χ1) is 14.7. The Balaban J connectivity index is 1.30. The number of hydrogen-bond donors (Lipinski definition) is 1. The third-order valence-electron chi connectivity index (χ3n) is 4.94. The van der Waals surface area contributed by atoms with Crippen molar-refractivity contribution in [1.29, 1.82) is 0 Å². The van der Waals surface area contributed by atoms with E-state index in [1.54, 1.807) is 7.11 Å². The van der Waals surface area contributed by atoms with Crippen LogP contribution in [0, 0.1) is 0 Å². The van der Waals surface area contributed by atoms with Gasteiger partial charge in [0.1, 0.15) is 5.75 Å². The Hall–Kier alpha value is -3.23. The van der Waals surface area contributed by atoms with Crippen molar-refractivity contribution < 1.29 is 18.8 Å². The number of nitrogens with one attached hydrogen (secondary N) is 1. The summed E-state index contributed by atoms with van der Waals surface area (Å²) >= 11 is 0. The summed E-state index contributed by atoms with van der Waals surface area (Å²) in [5, 5.41) is 6.78. The van der Waals surface area contributed by atoms with Gasteiger partial charge in [-0.3, -0.25) is 9.69 Å². The van der Waals surface area contributed by atoms with Crippen LogP contribution in [-0.4, -0.2) is 54.4 Å². The molecule has 1 N–H and O–H groups in total. The van der Waals surface area contributed by atoms with Crippen molar-refractivity contribution in [2.45, 2.75) is 13.1 Å². The molecule has 30 heavy (non-hydrogen) atoms. The zero-order valence-corrected chi connectivity index (χ0v) is 16.8. The van der Waals surface area contributed by atoms with Crippen LogP contribution in [0.25, 0.3) is 11.4 Å². The molecule has 0 aliphatic carbocycles. The molecular formula is C22H24N4O4. The fourth-order valence-electron chi connectivity index (χ4n) is 3.22. The first kappa shape index (κ1) is 20.1. The zero-order chi connectivity index (χ0) is 20.8. The van der Waals surface area contributed by atoms with E-state index < -0.39 is 0 Å². The highest BCUT2D eigenvalue weighted by atomic mass is 16.5. The van der Waals surface area contributed by atoms with Gasteiger partial charge in [0, 0.05) is 30.8 Å². The maximum absolute atomic E-state index is 12.4. The highest BCUT2D eigenvalue weighted by Gasteiger charge is 2.13. The first-order valence-corrected chi connectivity index (χ1v) is 9.85. The Morgan fingerprint density at radius 2 is 1.83 bits per heavy atom. The minimum atomic E-state index is -0.183. The largest absolute Gasteiger partial charge is 0.497 e. The maximum Gasteiger partial charge on any atom is 0.251 e. The molecule has 1 saturated heterocycles. The molecule has 1 aliphatic heterocycles. The molecule has 4 rings (SSSR count). The van der Waals surface area contributed by atoms with Crippen molar-refractivity contribution in [3.63, 3.8) is 0 Å². The Labute approximate surface area is 174 Å². The summed E-state index contributed by atoms with van der Waals surface area (Å²) in [4.78, 5) is 19.1. The fraction of sp³-hybridized carbons (Fsp3) is 0.318. The number of carbonyl (C=O) groups excluding carboxylic acids is 1. The second-order valence-electron chi connectivity index (χ2n) is 7.01. The van der Waals surface area contributed by atoms with Gasteiger partial charge in [0.25, 0.3) is 5.91 Å². The molecule has 2 heterocycles. The minimum Gasteiger partial charge on any atom is -0.497 e. The molecule has 1 aromatic heterocycles. The van der Waals surface area contributed by atoms with E-state index >= 15 is 0 Å². The summed E-state index contributed by atoms with van der Waals surface area (Å²) in [6, 6.07) is 15.0. The van der Waals surface area contributed by atoms with Gasteiger partial charge in [-0.15, -0.1) is 0 Å². The van der Waals surface area contributed by atoms with E-state index in [9.17, 15) is 4.79 Å². The molecule has 0 radical (unpaired) electrons. The third-order valence-corrected chi connectivity index (χ3v) is 4.94. The Kier molecular flexibility index (Phi) is 6.36. The summed E-state index contributed by atoms with van der Waals surface area (Å²) in [5.74, 6) is 1.38. The van der Waals surface area contributed by atoms with Crippen molar-refractivity contribution in [2.24, 2.45) is 0 Å². The Morgan fingerprint density at radius 1 is 1.10 bits per heavy atom. The first-order valence-electron chi connectivity index (χ1n) is 9.85. The molecule has 3 aromatic rings. The van der Waals surface area contributed by atoms with E-state index in [4.69, 9.17) is 14.0 Å². The van der Waals surface area contributed by atoms with Gasteiger partial charge >= 0.3 is 0 Å². The normalized spacial score (nSPS) is 14.4. The molecule has 8 nitrogen and oxygen atoms in total. The highest BCUT2D eigenvalue weighted by molar-refractivity contribution is 5.94. The van der Waals surface area contributed by atoms with Crippen molar-refractivity contribution in [1.82, 2.24) is 20.4 Å². The van der Waals surface area contributed by atoms with Crippen LogP contribution in [-0.2, 0) is 17.8 Å². The van der Waals surface area contributed by atoms with Crippen LogP contribution >= 0.6 is 0 Å². The maximum atomic E-state index is 12.4. The number of benzene rings is 2. The van der Waals surface area contributed by atoms with Crippen LogP contribution in [0.1, 0.15) is 21.8 Å². The van der Waals surface area contributed by atoms with Gasteiger partial charge in [-0.05, 0) is 42.0 Å². The lowest BCUT2D eigenvalue weighted by atomic mass is 10.1. The lowest BCUT2D eigenvalue weighted by Gasteiger charge is -2.26. The summed E-state index contributed by atoms with van der Waals surface area (Å²) in [6.07, 6.45) is 0. The van der Waals surface area contributed by atoms with Crippen LogP contribution in [0.4, 0.5) is 0 Å². The molecule has 0 saturated carbocycles. The number of aromatic nitrogens is 2. The second kappa shape index (κ2) is 9.51. The van der Waals surface area contributed by atoms with Gasteiger partial charge in [0.05, 0.1) is 26.9 Å². The molecule has 1 amide bonds. The van der Waals surface area contributed by atoms with E-state index in [-0.39, 0.29) is 12.5 Å². The molecule has 0 unspecified atom stereocenters. The summed E-state index contributed by atoms with van der Waals surface area (Å²) < 4.78 is 15.8. The topological polar surface area (TPSA) is 89.7 Å².